The first kappa shape index (κ1) is 16.8. The number of benzene rings is 2. The Labute approximate surface area is 141 Å². The monoisotopic (exact) mass is 385 g/mol. The molecule has 6 heteroatoms. The molecule has 0 spiro atoms. The zero-order valence-electron chi connectivity index (χ0n) is 12.0. The third-order valence-electron chi connectivity index (χ3n) is 3.04. The molecule has 0 aromatic heterocycles. The lowest BCUT2D eigenvalue weighted by Gasteiger charge is -2.13. The Bertz CT molecular complexity index is 722. The van der Waals surface area contributed by atoms with Gasteiger partial charge in [0.05, 0.1) is 4.47 Å². The Morgan fingerprint density at radius 3 is 2.77 bits per heavy atom. The number of nitrogens with one attached hydrogen (secondary N) is 1. The number of halogens is 3. The van der Waals surface area contributed by atoms with Gasteiger partial charge < -0.3 is 10.1 Å². The molecule has 2 rings (SSSR count). The minimum absolute atomic E-state index is 0.185. The summed E-state index contributed by atoms with van der Waals surface area (Å²) in [5, 5.41) is 3.22. The van der Waals surface area contributed by atoms with Crippen LogP contribution in [0.5, 0.6) is 5.75 Å². The highest BCUT2D eigenvalue weighted by atomic mass is 79.9. The summed E-state index contributed by atoms with van der Waals surface area (Å²) in [4.78, 5) is 11.8. The summed E-state index contributed by atoms with van der Waals surface area (Å²) in [5.41, 5.74) is 2.10. The second-order valence-electron chi connectivity index (χ2n) is 4.79. The number of rotatable bonds is 4. The molecule has 2 aromatic carbocycles. The molecule has 0 aliphatic rings. The molecule has 0 radical (unpaired) electrons. The van der Waals surface area contributed by atoms with E-state index in [1.807, 2.05) is 13.8 Å². The van der Waals surface area contributed by atoms with E-state index >= 15 is 0 Å². The fourth-order valence-corrected chi connectivity index (χ4v) is 2.60. The smallest absolute Gasteiger partial charge is 0.262 e. The number of hydrogen-bond acceptors (Lipinski definition) is 2. The summed E-state index contributed by atoms with van der Waals surface area (Å²) in [6.07, 6.45) is 0. The molecular formula is C16H14BrClFNO2. The van der Waals surface area contributed by atoms with Gasteiger partial charge >= 0.3 is 0 Å². The van der Waals surface area contributed by atoms with E-state index in [9.17, 15) is 9.18 Å². The molecule has 1 N–H and O–H groups in total. The van der Waals surface area contributed by atoms with E-state index in [1.54, 1.807) is 12.1 Å². The van der Waals surface area contributed by atoms with E-state index < -0.39 is 5.82 Å². The minimum Gasteiger partial charge on any atom is -0.483 e. The van der Waals surface area contributed by atoms with Crippen LogP contribution in [0.1, 0.15) is 11.1 Å². The number of hydrogen-bond donors (Lipinski definition) is 1. The maximum atomic E-state index is 13.0. The highest BCUT2D eigenvalue weighted by molar-refractivity contribution is 9.10. The molecule has 0 aliphatic carbocycles. The van der Waals surface area contributed by atoms with Gasteiger partial charge in [0.1, 0.15) is 11.6 Å². The largest absolute Gasteiger partial charge is 0.483 e. The number of anilines is 1. The Kier molecular flexibility index (Phi) is 5.42. The van der Waals surface area contributed by atoms with Crippen LogP contribution in [0, 0.1) is 19.7 Å². The first-order valence-electron chi connectivity index (χ1n) is 6.52. The van der Waals surface area contributed by atoms with Crippen molar-refractivity contribution in [2.75, 3.05) is 11.9 Å². The highest BCUT2D eigenvalue weighted by Gasteiger charge is 2.12. The van der Waals surface area contributed by atoms with E-state index in [-0.39, 0.29) is 12.5 Å². The molecule has 22 heavy (non-hydrogen) atoms. The third-order valence-corrected chi connectivity index (χ3v) is 4.60. The van der Waals surface area contributed by atoms with Crippen LogP contribution in [0.2, 0.25) is 5.02 Å². The van der Waals surface area contributed by atoms with Crippen LogP contribution in [0.25, 0.3) is 0 Å². The Balaban J connectivity index is 2.03. The summed E-state index contributed by atoms with van der Waals surface area (Å²) in [6, 6.07) is 7.43. The van der Waals surface area contributed by atoms with Crippen molar-refractivity contribution in [3.8, 4) is 5.75 Å². The Morgan fingerprint density at radius 1 is 1.36 bits per heavy atom. The average Bonchev–Trinajstić information content (AvgIpc) is 2.47. The summed E-state index contributed by atoms with van der Waals surface area (Å²) < 4.78 is 19.3. The molecular weight excluding hydrogens is 373 g/mol. The van der Waals surface area contributed by atoms with Crippen LogP contribution in [0.4, 0.5) is 10.1 Å². The lowest BCUT2D eigenvalue weighted by molar-refractivity contribution is -0.118. The average molecular weight is 387 g/mol. The van der Waals surface area contributed by atoms with Gasteiger partial charge in [-0.3, -0.25) is 4.79 Å². The van der Waals surface area contributed by atoms with Gasteiger partial charge in [0.2, 0.25) is 0 Å². The Hall–Kier alpha value is -1.59. The maximum Gasteiger partial charge on any atom is 0.262 e. The second-order valence-corrected chi connectivity index (χ2v) is 5.96. The van der Waals surface area contributed by atoms with Crippen LogP contribution in [0.3, 0.4) is 0 Å². The number of carbonyl (C=O) groups excluding carboxylic acids is 1. The predicted molar refractivity (Wildman–Crippen MR) is 89.2 cm³/mol. The van der Waals surface area contributed by atoms with Crippen LogP contribution in [-0.2, 0) is 4.79 Å². The lowest BCUT2D eigenvalue weighted by atomic mass is 10.1. The van der Waals surface area contributed by atoms with Crippen molar-refractivity contribution in [3.05, 3.63) is 56.8 Å². The summed E-state index contributed by atoms with van der Waals surface area (Å²) >= 11 is 9.54. The molecule has 0 bridgehead atoms. The fourth-order valence-electron chi connectivity index (χ4n) is 1.91. The fraction of sp³-hybridized carbons (Fsp3) is 0.188. The van der Waals surface area contributed by atoms with Gasteiger partial charge in [-0.2, -0.15) is 0 Å². The van der Waals surface area contributed by atoms with Gasteiger partial charge in [0, 0.05) is 10.7 Å². The molecule has 3 nitrogen and oxygen atoms in total. The SMILES string of the molecule is Cc1cc(OCC(=O)Nc2cccc(F)c2)c(Br)c(C)c1Cl. The van der Waals surface area contributed by atoms with E-state index in [4.69, 9.17) is 16.3 Å². The van der Waals surface area contributed by atoms with Gasteiger partial charge in [-0.25, -0.2) is 4.39 Å². The van der Waals surface area contributed by atoms with Crippen molar-refractivity contribution >= 4 is 39.1 Å². The second kappa shape index (κ2) is 7.11. The molecule has 0 saturated carbocycles. The van der Waals surface area contributed by atoms with Crippen molar-refractivity contribution in [1.29, 1.82) is 0 Å². The van der Waals surface area contributed by atoms with Gasteiger partial charge in [0.15, 0.2) is 6.61 Å². The Morgan fingerprint density at radius 2 is 2.09 bits per heavy atom. The molecule has 2 aromatic rings. The van der Waals surface area contributed by atoms with E-state index in [1.165, 1.54) is 18.2 Å². The number of carbonyl (C=O) groups is 1. The number of ether oxygens (including phenoxy) is 1. The van der Waals surface area contributed by atoms with Crippen LogP contribution in [0.15, 0.2) is 34.8 Å². The van der Waals surface area contributed by atoms with Crippen LogP contribution >= 0.6 is 27.5 Å². The molecule has 116 valence electrons. The van der Waals surface area contributed by atoms with Crippen LogP contribution < -0.4 is 10.1 Å². The molecule has 1 amide bonds. The van der Waals surface area contributed by atoms with Gasteiger partial charge in [-0.05, 0) is 65.2 Å². The van der Waals surface area contributed by atoms with E-state index in [0.29, 0.717) is 20.9 Å². The molecule has 0 fully saturated rings. The number of aryl methyl sites for hydroxylation is 1. The zero-order valence-corrected chi connectivity index (χ0v) is 14.4. The summed E-state index contributed by atoms with van der Waals surface area (Å²) in [7, 11) is 0. The van der Waals surface area contributed by atoms with Gasteiger partial charge in [-0.1, -0.05) is 17.7 Å². The topological polar surface area (TPSA) is 38.3 Å². The lowest BCUT2D eigenvalue weighted by Crippen LogP contribution is -2.20. The molecule has 0 unspecified atom stereocenters. The minimum atomic E-state index is -0.412. The number of amides is 1. The third kappa shape index (κ3) is 3.99. The van der Waals surface area contributed by atoms with E-state index in [0.717, 1.165) is 11.1 Å². The first-order chi connectivity index (χ1) is 10.4. The van der Waals surface area contributed by atoms with Gasteiger partial charge in [0.25, 0.3) is 5.91 Å². The van der Waals surface area contributed by atoms with Gasteiger partial charge in [-0.15, -0.1) is 0 Å². The summed E-state index contributed by atoms with van der Waals surface area (Å²) in [6.45, 7) is 3.54. The first-order valence-corrected chi connectivity index (χ1v) is 7.69. The zero-order chi connectivity index (χ0) is 16.3. The maximum absolute atomic E-state index is 13.0. The standard InChI is InChI=1S/C16H14BrClFNO2/c1-9-6-13(15(17)10(2)16(9)18)22-8-14(21)20-12-5-3-4-11(19)7-12/h3-7H,8H2,1-2H3,(H,20,21). The molecule has 0 atom stereocenters. The summed E-state index contributed by atoms with van der Waals surface area (Å²) in [5.74, 6) is -0.248. The van der Waals surface area contributed by atoms with Crippen molar-refractivity contribution in [2.24, 2.45) is 0 Å². The van der Waals surface area contributed by atoms with Crippen molar-refractivity contribution in [3.63, 3.8) is 0 Å². The normalized spacial score (nSPS) is 10.4. The van der Waals surface area contributed by atoms with Crippen molar-refractivity contribution in [2.45, 2.75) is 13.8 Å². The van der Waals surface area contributed by atoms with Crippen molar-refractivity contribution < 1.29 is 13.9 Å². The predicted octanol–water partition coefficient (Wildman–Crippen LogP) is 4.88. The molecule has 0 aliphatic heterocycles. The van der Waals surface area contributed by atoms with Crippen molar-refractivity contribution in [1.82, 2.24) is 0 Å². The van der Waals surface area contributed by atoms with Crippen LogP contribution in [-0.4, -0.2) is 12.5 Å². The molecule has 0 saturated heterocycles. The highest BCUT2D eigenvalue weighted by Crippen LogP contribution is 2.35. The quantitative estimate of drug-likeness (QED) is 0.813. The molecule has 0 heterocycles. The van der Waals surface area contributed by atoms with E-state index in [2.05, 4.69) is 21.2 Å².